The van der Waals surface area contributed by atoms with Crippen molar-refractivity contribution in [2.75, 3.05) is 18.5 Å². The Morgan fingerprint density at radius 2 is 1.67 bits per heavy atom. The summed E-state index contributed by atoms with van der Waals surface area (Å²) in [5.74, 6) is 1.91. The van der Waals surface area contributed by atoms with Crippen molar-refractivity contribution in [3.8, 4) is 11.5 Å². The zero-order valence-corrected chi connectivity index (χ0v) is 17.4. The number of hydrogen-bond acceptors (Lipinski definition) is 3. The van der Waals surface area contributed by atoms with E-state index in [1.165, 1.54) is 36.8 Å². The summed E-state index contributed by atoms with van der Waals surface area (Å²) in [7, 11) is 0. The summed E-state index contributed by atoms with van der Waals surface area (Å²) in [4.78, 5) is 0. The average Bonchev–Trinajstić information content (AvgIpc) is 2.67. The molecule has 0 aliphatic heterocycles. The summed E-state index contributed by atoms with van der Waals surface area (Å²) in [5, 5.41) is 3.44. The van der Waals surface area contributed by atoms with Gasteiger partial charge in [-0.15, -0.1) is 0 Å². The van der Waals surface area contributed by atoms with Crippen LogP contribution in [0.15, 0.2) is 42.5 Å². The highest BCUT2D eigenvalue weighted by Gasteiger charge is 2.07. The van der Waals surface area contributed by atoms with Gasteiger partial charge in [0.25, 0.3) is 0 Å². The van der Waals surface area contributed by atoms with Crippen molar-refractivity contribution in [3.63, 3.8) is 0 Å². The van der Waals surface area contributed by atoms with Gasteiger partial charge in [-0.1, -0.05) is 44.7 Å². The van der Waals surface area contributed by atoms with E-state index in [-0.39, 0.29) is 6.10 Å². The molecule has 2 rings (SSSR count). The Labute approximate surface area is 165 Å². The van der Waals surface area contributed by atoms with E-state index >= 15 is 0 Å². The SMILES string of the molecule is CCCCCCCOc1ccc(NC[C@@H](C)Oc2cc(C)ccc2C)cc1. The molecule has 0 amide bonds. The largest absolute Gasteiger partial charge is 0.494 e. The van der Waals surface area contributed by atoms with Gasteiger partial charge in [-0.05, 0) is 68.7 Å². The van der Waals surface area contributed by atoms with E-state index in [9.17, 15) is 0 Å². The topological polar surface area (TPSA) is 30.5 Å². The maximum Gasteiger partial charge on any atom is 0.122 e. The molecule has 3 nitrogen and oxygen atoms in total. The fourth-order valence-corrected chi connectivity index (χ4v) is 2.92. The standard InChI is InChI=1S/C24H35NO2/c1-5-6-7-8-9-16-26-23-14-12-22(13-15-23)25-18-21(4)27-24-17-19(2)10-11-20(24)3/h10-15,17,21,25H,5-9,16,18H2,1-4H3/t21-/m1/s1. The van der Waals surface area contributed by atoms with Crippen LogP contribution in [0.4, 0.5) is 5.69 Å². The first-order valence-corrected chi connectivity index (χ1v) is 10.3. The van der Waals surface area contributed by atoms with Gasteiger partial charge in [0, 0.05) is 5.69 Å². The molecule has 1 atom stereocenters. The Morgan fingerprint density at radius 1 is 0.926 bits per heavy atom. The maximum atomic E-state index is 6.08. The van der Waals surface area contributed by atoms with Crippen LogP contribution in [0.25, 0.3) is 0 Å². The van der Waals surface area contributed by atoms with E-state index in [1.807, 2.05) is 12.1 Å². The van der Waals surface area contributed by atoms with Crippen LogP contribution in [-0.2, 0) is 0 Å². The number of anilines is 1. The molecule has 1 N–H and O–H groups in total. The van der Waals surface area contributed by atoms with E-state index in [1.54, 1.807) is 0 Å². The molecule has 27 heavy (non-hydrogen) atoms. The molecule has 148 valence electrons. The molecule has 2 aromatic carbocycles. The summed E-state index contributed by atoms with van der Waals surface area (Å²) in [6.45, 7) is 10.1. The van der Waals surface area contributed by atoms with Gasteiger partial charge >= 0.3 is 0 Å². The van der Waals surface area contributed by atoms with Crippen molar-refractivity contribution in [1.82, 2.24) is 0 Å². The first-order valence-electron chi connectivity index (χ1n) is 10.3. The predicted molar refractivity (Wildman–Crippen MR) is 115 cm³/mol. The van der Waals surface area contributed by atoms with Crippen LogP contribution >= 0.6 is 0 Å². The van der Waals surface area contributed by atoms with Crippen molar-refractivity contribution in [1.29, 1.82) is 0 Å². The van der Waals surface area contributed by atoms with E-state index in [2.05, 4.69) is 63.3 Å². The lowest BCUT2D eigenvalue weighted by molar-refractivity contribution is 0.233. The number of unbranched alkanes of at least 4 members (excludes halogenated alkanes) is 4. The molecule has 0 aliphatic carbocycles. The molecule has 0 aliphatic rings. The summed E-state index contributed by atoms with van der Waals surface area (Å²) < 4.78 is 11.9. The molecule has 0 aromatic heterocycles. The highest BCUT2D eigenvalue weighted by atomic mass is 16.5. The first kappa shape index (κ1) is 21.1. The lowest BCUT2D eigenvalue weighted by Gasteiger charge is -2.18. The molecular formula is C24H35NO2. The molecule has 0 unspecified atom stereocenters. The minimum atomic E-state index is 0.0875. The normalized spacial score (nSPS) is 11.9. The average molecular weight is 370 g/mol. The van der Waals surface area contributed by atoms with E-state index in [4.69, 9.17) is 9.47 Å². The summed E-state index contributed by atoms with van der Waals surface area (Å²) in [6.07, 6.45) is 6.39. The van der Waals surface area contributed by atoms with Crippen LogP contribution in [0.5, 0.6) is 11.5 Å². The van der Waals surface area contributed by atoms with Gasteiger partial charge in [0.2, 0.25) is 0 Å². The van der Waals surface area contributed by atoms with E-state index < -0.39 is 0 Å². The molecule has 0 heterocycles. The van der Waals surface area contributed by atoms with Gasteiger partial charge in [-0.3, -0.25) is 0 Å². The Bertz CT molecular complexity index is 667. The molecule has 0 saturated carbocycles. The molecule has 0 saturated heterocycles. The van der Waals surface area contributed by atoms with Crippen molar-refractivity contribution >= 4 is 5.69 Å². The summed E-state index contributed by atoms with van der Waals surface area (Å²) >= 11 is 0. The van der Waals surface area contributed by atoms with Crippen molar-refractivity contribution < 1.29 is 9.47 Å². The molecule has 0 radical (unpaired) electrons. The van der Waals surface area contributed by atoms with E-state index in [0.717, 1.165) is 36.8 Å². The monoisotopic (exact) mass is 369 g/mol. The molecule has 2 aromatic rings. The van der Waals surface area contributed by atoms with Gasteiger partial charge < -0.3 is 14.8 Å². The Balaban J connectivity index is 1.70. The molecule has 3 heteroatoms. The second kappa shape index (κ2) is 11.5. The highest BCUT2D eigenvalue weighted by molar-refractivity contribution is 5.46. The highest BCUT2D eigenvalue weighted by Crippen LogP contribution is 2.21. The second-order valence-electron chi connectivity index (χ2n) is 7.37. The van der Waals surface area contributed by atoms with Crippen molar-refractivity contribution in [2.24, 2.45) is 0 Å². The lowest BCUT2D eigenvalue weighted by Crippen LogP contribution is -2.23. The Hall–Kier alpha value is -2.16. The minimum absolute atomic E-state index is 0.0875. The minimum Gasteiger partial charge on any atom is -0.494 e. The van der Waals surface area contributed by atoms with Crippen LogP contribution < -0.4 is 14.8 Å². The third-order valence-corrected chi connectivity index (χ3v) is 4.64. The third-order valence-electron chi connectivity index (χ3n) is 4.64. The number of ether oxygens (including phenoxy) is 2. The molecular weight excluding hydrogens is 334 g/mol. The quantitative estimate of drug-likeness (QED) is 0.431. The number of aryl methyl sites for hydroxylation is 2. The second-order valence-corrected chi connectivity index (χ2v) is 7.37. The van der Waals surface area contributed by atoms with Crippen molar-refractivity contribution in [3.05, 3.63) is 53.6 Å². The zero-order valence-electron chi connectivity index (χ0n) is 17.4. The molecule has 0 spiro atoms. The van der Waals surface area contributed by atoms with Crippen LogP contribution in [0.1, 0.15) is 57.1 Å². The fourth-order valence-electron chi connectivity index (χ4n) is 2.92. The van der Waals surface area contributed by atoms with Gasteiger partial charge in [-0.2, -0.15) is 0 Å². The number of benzene rings is 2. The Morgan fingerprint density at radius 3 is 2.41 bits per heavy atom. The van der Waals surface area contributed by atoms with Crippen molar-refractivity contribution in [2.45, 2.75) is 65.9 Å². The number of nitrogens with one attached hydrogen (secondary N) is 1. The molecule has 0 bridgehead atoms. The predicted octanol–water partition coefficient (Wildman–Crippen LogP) is 6.53. The number of rotatable bonds is 12. The van der Waals surface area contributed by atoms with Crippen LogP contribution in [-0.4, -0.2) is 19.3 Å². The summed E-state index contributed by atoms with van der Waals surface area (Å²) in [6, 6.07) is 14.5. The smallest absolute Gasteiger partial charge is 0.122 e. The third kappa shape index (κ3) is 7.94. The van der Waals surface area contributed by atoms with E-state index in [0.29, 0.717) is 0 Å². The maximum absolute atomic E-state index is 6.08. The first-order chi connectivity index (χ1) is 13.1. The van der Waals surface area contributed by atoms with Gasteiger partial charge in [0.15, 0.2) is 0 Å². The number of hydrogen-bond donors (Lipinski definition) is 1. The lowest BCUT2D eigenvalue weighted by atomic mass is 10.1. The van der Waals surface area contributed by atoms with Crippen LogP contribution in [0.2, 0.25) is 0 Å². The van der Waals surface area contributed by atoms with Gasteiger partial charge in [-0.25, -0.2) is 0 Å². The van der Waals surface area contributed by atoms with Crippen LogP contribution in [0.3, 0.4) is 0 Å². The molecule has 0 fully saturated rings. The van der Waals surface area contributed by atoms with Crippen LogP contribution in [0, 0.1) is 13.8 Å². The zero-order chi connectivity index (χ0) is 19.5. The summed E-state index contributed by atoms with van der Waals surface area (Å²) in [5.41, 5.74) is 3.47. The van der Waals surface area contributed by atoms with Gasteiger partial charge in [0.1, 0.15) is 17.6 Å². The Kier molecular flexibility index (Phi) is 9.03. The fraction of sp³-hybridized carbons (Fsp3) is 0.500. The van der Waals surface area contributed by atoms with Gasteiger partial charge in [0.05, 0.1) is 13.2 Å².